The zero-order valence-electron chi connectivity index (χ0n) is 14.9. The summed E-state index contributed by atoms with van der Waals surface area (Å²) in [7, 11) is 1.54. The Morgan fingerprint density at radius 3 is 2.20 bits per heavy atom. The van der Waals surface area contributed by atoms with Crippen molar-refractivity contribution in [2.24, 2.45) is 12.8 Å². The van der Waals surface area contributed by atoms with Gasteiger partial charge in [-0.3, -0.25) is 4.68 Å². The number of hydrogen-bond donors (Lipinski definition) is 1. The maximum absolute atomic E-state index is 13.2. The molecule has 1 aromatic carbocycles. The van der Waals surface area contributed by atoms with E-state index >= 15 is 0 Å². The molecule has 0 aliphatic heterocycles. The Hall–Kier alpha value is -1.47. The summed E-state index contributed by atoms with van der Waals surface area (Å²) >= 11 is 1.36. The van der Waals surface area contributed by atoms with Crippen LogP contribution in [0.1, 0.15) is 43.2 Å². The van der Waals surface area contributed by atoms with Crippen molar-refractivity contribution in [3.63, 3.8) is 0 Å². The summed E-state index contributed by atoms with van der Waals surface area (Å²) in [6.45, 7) is 6.58. The Bertz CT molecular complexity index is 713. The maximum atomic E-state index is 13.2. The van der Waals surface area contributed by atoms with Gasteiger partial charge in [-0.1, -0.05) is 45.0 Å². The highest BCUT2D eigenvalue weighted by Crippen LogP contribution is 2.37. The zero-order chi connectivity index (χ0) is 18.8. The lowest BCUT2D eigenvalue weighted by Crippen LogP contribution is -2.12. The molecule has 2 N–H and O–H groups in total. The highest BCUT2D eigenvalue weighted by atomic mass is 32.2. The van der Waals surface area contributed by atoms with Crippen molar-refractivity contribution in [2.75, 3.05) is 6.54 Å². The van der Waals surface area contributed by atoms with Gasteiger partial charge < -0.3 is 5.73 Å². The average Bonchev–Trinajstić information content (AvgIpc) is 2.81. The number of hydrogen-bond acceptors (Lipinski definition) is 3. The minimum atomic E-state index is -4.46. The Labute approximate surface area is 150 Å². The molecule has 0 bridgehead atoms. The van der Waals surface area contributed by atoms with E-state index in [1.807, 2.05) is 12.1 Å². The molecule has 0 amide bonds. The molecule has 3 nitrogen and oxygen atoms in total. The first kappa shape index (κ1) is 19.8. The van der Waals surface area contributed by atoms with Crippen molar-refractivity contribution >= 4 is 11.8 Å². The summed E-state index contributed by atoms with van der Waals surface area (Å²) in [4.78, 5) is 0. The standard InChI is InChI=1S/C18H24F3N3S/c1-17(2,3)13-7-5-12(6-8-13)11-25-16-14(9-10-22)15(18(19,20)21)23-24(16)4/h5-8H,9-11,22H2,1-4H3. The minimum absolute atomic E-state index is 0.0730. The molecule has 2 aromatic rings. The molecule has 0 radical (unpaired) electrons. The number of benzene rings is 1. The third-order valence-corrected chi connectivity index (χ3v) is 5.21. The quantitative estimate of drug-likeness (QED) is 0.786. The molecule has 25 heavy (non-hydrogen) atoms. The van der Waals surface area contributed by atoms with Crippen molar-refractivity contribution < 1.29 is 13.2 Å². The molecule has 0 atom stereocenters. The fourth-order valence-electron chi connectivity index (χ4n) is 2.58. The van der Waals surface area contributed by atoms with E-state index in [4.69, 9.17) is 5.73 Å². The fraction of sp³-hybridized carbons (Fsp3) is 0.500. The van der Waals surface area contributed by atoms with E-state index in [0.29, 0.717) is 10.8 Å². The summed E-state index contributed by atoms with van der Waals surface area (Å²) in [6, 6.07) is 8.19. The number of rotatable bonds is 5. The van der Waals surface area contributed by atoms with Crippen LogP contribution in [0.3, 0.4) is 0 Å². The van der Waals surface area contributed by atoms with Crippen LogP contribution in [0.25, 0.3) is 0 Å². The van der Waals surface area contributed by atoms with Gasteiger partial charge in [0.1, 0.15) is 0 Å². The van der Waals surface area contributed by atoms with Crippen LogP contribution in [0.2, 0.25) is 0 Å². The lowest BCUT2D eigenvalue weighted by atomic mass is 9.87. The summed E-state index contributed by atoms with van der Waals surface area (Å²) in [5.74, 6) is 0.582. The number of halogens is 3. The zero-order valence-corrected chi connectivity index (χ0v) is 15.8. The summed E-state index contributed by atoms with van der Waals surface area (Å²) in [5, 5.41) is 4.20. The van der Waals surface area contributed by atoms with Crippen LogP contribution >= 0.6 is 11.8 Å². The minimum Gasteiger partial charge on any atom is -0.330 e. The molecule has 2 rings (SSSR count). The number of nitrogens with zero attached hydrogens (tertiary/aromatic N) is 2. The SMILES string of the molecule is Cn1nc(C(F)(F)F)c(CCN)c1SCc1ccc(C(C)(C)C)cc1. The summed E-state index contributed by atoms with van der Waals surface area (Å²) in [5.41, 5.74) is 7.22. The predicted octanol–water partition coefficient (Wildman–Crippen LogP) is 4.53. The first-order valence-corrected chi connectivity index (χ1v) is 9.08. The number of nitrogens with two attached hydrogens (primary N) is 1. The molecule has 0 spiro atoms. The second-order valence-electron chi connectivity index (χ2n) is 7.03. The van der Waals surface area contributed by atoms with E-state index in [2.05, 4.69) is 38.0 Å². The smallest absolute Gasteiger partial charge is 0.330 e. The lowest BCUT2D eigenvalue weighted by molar-refractivity contribution is -0.142. The van der Waals surface area contributed by atoms with Crippen LogP contribution in [0, 0.1) is 0 Å². The first-order valence-electron chi connectivity index (χ1n) is 8.09. The van der Waals surface area contributed by atoms with E-state index in [0.717, 1.165) is 5.56 Å². The van der Waals surface area contributed by atoms with Crippen LogP contribution in [-0.4, -0.2) is 16.3 Å². The van der Waals surface area contributed by atoms with Gasteiger partial charge in [-0.05, 0) is 29.5 Å². The third kappa shape index (κ3) is 4.79. The molecule has 138 valence electrons. The van der Waals surface area contributed by atoms with Crippen molar-refractivity contribution in [3.8, 4) is 0 Å². The van der Waals surface area contributed by atoms with Crippen molar-refractivity contribution in [2.45, 2.75) is 49.6 Å². The van der Waals surface area contributed by atoms with E-state index in [-0.39, 0.29) is 23.9 Å². The van der Waals surface area contributed by atoms with Gasteiger partial charge in [0.05, 0.1) is 5.03 Å². The van der Waals surface area contributed by atoms with Crippen LogP contribution < -0.4 is 5.73 Å². The third-order valence-electron chi connectivity index (χ3n) is 3.95. The van der Waals surface area contributed by atoms with Gasteiger partial charge >= 0.3 is 6.18 Å². The molecule has 0 saturated carbocycles. The lowest BCUT2D eigenvalue weighted by Gasteiger charge is -2.19. The van der Waals surface area contributed by atoms with Crippen LogP contribution in [0.4, 0.5) is 13.2 Å². The second-order valence-corrected chi connectivity index (χ2v) is 7.99. The van der Waals surface area contributed by atoms with Gasteiger partial charge in [0.15, 0.2) is 5.69 Å². The summed E-state index contributed by atoms with van der Waals surface area (Å²) < 4.78 is 40.8. The number of thioether (sulfide) groups is 1. The Balaban J connectivity index is 2.21. The van der Waals surface area contributed by atoms with E-state index in [1.54, 1.807) is 7.05 Å². The fourth-order valence-corrected chi connectivity index (χ4v) is 3.68. The maximum Gasteiger partial charge on any atom is 0.435 e. The van der Waals surface area contributed by atoms with Crippen molar-refractivity contribution in [1.82, 2.24) is 9.78 Å². The normalized spacial score (nSPS) is 12.6. The molecule has 0 unspecified atom stereocenters. The first-order chi connectivity index (χ1) is 11.5. The molecular weight excluding hydrogens is 347 g/mol. The molecule has 0 saturated heterocycles. The van der Waals surface area contributed by atoms with Gasteiger partial charge in [-0.25, -0.2) is 0 Å². The highest BCUT2D eigenvalue weighted by Gasteiger charge is 2.38. The van der Waals surface area contributed by atoms with E-state index < -0.39 is 11.9 Å². The Morgan fingerprint density at radius 1 is 1.12 bits per heavy atom. The molecule has 7 heteroatoms. The second kappa shape index (κ2) is 7.41. The van der Waals surface area contributed by atoms with Crippen molar-refractivity contribution in [3.05, 3.63) is 46.6 Å². The van der Waals surface area contributed by atoms with Gasteiger partial charge in [0.2, 0.25) is 0 Å². The molecule has 1 heterocycles. The Kier molecular flexibility index (Phi) is 5.89. The van der Waals surface area contributed by atoms with Gasteiger partial charge in [-0.2, -0.15) is 18.3 Å². The van der Waals surface area contributed by atoms with Crippen LogP contribution in [0.15, 0.2) is 29.3 Å². The molecular formula is C18H24F3N3S. The molecule has 0 aliphatic rings. The predicted molar refractivity (Wildman–Crippen MR) is 95.7 cm³/mol. The van der Waals surface area contributed by atoms with Gasteiger partial charge in [-0.15, -0.1) is 11.8 Å². The number of aromatic nitrogens is 2. The molecule has 1 aromatic heterocycles. The van der Waals surface area contributed by atoms with E-state index in [9.17, 15) is 13.2 Å². The van der Waals surface area contributed by atoms with Crippen molar-refractivity contribution in [1.29, 1.82) is 0 Å². The monoisotopic (exact) mass is 371 g/mol. The molecule has 0 aliphatic carbocycles. The van der Waals surface area contributed by atoms with Gasteiger partial charge in [0, 0.05) is 18.4 Å². The highest BCUT2D eigenvalue weighted by molar-refractivity contribution is 7.98. The average molecular weight is 371 g/mol. The number of aryl methyl sites for hydroxylation is 1. The number of alkyl halides is 3. The van der Waals surface area contributed by atoms with Gasteiger partial charge in [0.25, 0.3) is 0 Å². The summed E-state index contributed by atoms with van der Waals surface area (Å²) in [6.07, 6.45) is -4.30. The van der Waals surface area contributed by atoms with Crippen LogP contribution in [0.5, 0.6) is 0 Å². The van der Waals surface area contributed by atoms with Crippen LogP contribution in [-0.2, 0) is 30.8 Å². The largest absolute Gasteiger partial charge is 0.435 e. The van der Waals surface area contributed by atoms with E-state index in [1.165, 1.54) is 22.0 Å². The Morgan fingerprint density at radius 2 is 1.72 bits per heavy atom. The molecule has 0 fully saturated rings. The topological polar surface area (TPSA) is 43.8 Å².